The van der Waals surface area contributed by atoms with Crippen molar-refractivity contribution in [1.82, 2.24) is 60.6 Å². The number of nitrogens with one attached hydrogen (secondary N) is 4. The number of alkyl halides is 1. The van der Waals surface area contributed by atoms with Crippen molar-refractivity contribution in [3.05, 3.63) is 69.4 Å². The first-order chi connectivity index (χ1) is 42.8. The molecule has 7 amide bonds. The number of pyridine rings is 1. The van der Waals surface area contributed by atoms with E-state index in [0.29, 0.717) is 134 Å². The van der Waals surface area contributed by atoms with E-state index < -0.39 is 72.1 Å². The van der Waals surface area contributed by atoms with Crippen LogP contribution in [0, 0.1) is 14.9 Å². The molecule has 1 unspecified atom stereocenters. The number of carboxylic acid groups (broad SMARTS) is 1. The van der Waals surface area contributed by atoms with Crippen LogP contribution in [0.3, 0.4) is 0 Å². The molecule has 3 saturated heterocycles. The average molecular weight is 1350 g/mol. The molecule has 0 spiro atoms. The number of piperazine rings is 1. The summed E-state index contributed by atoms with van der Waals surface area (Å²) in [5, 5.41) is 30.2. The molecule has 3 aliphatic rings. The quantitative estimate of drug-likeness (QED) is 0.0257. The summed E-state index contributed by atoms with van der Waals surface area (Å²) in [4.78, 5) is 144. The van der Waals surface area contributed by atoms with Gasteiger partial charge in [-0.15, -0.1) is 0 Å². The summed E-state index contributed by atoms with van der Waals surface area (Å²) in [6.07, 6.45) is 3.99. The number of hydrogen-bond acceptors (Lipinski definition) is 20. The van der Waals surface area contributed by atoms with Gasteiger partial charge in [0.2, 0.25) is 35.4 Å². The highest BCUT2D eigenvalue weighted by molar-refractivity contribution is 14.1. The number of unbranched alkanes of at least 4 members (excludes halogenated alkanes) is 1. The molecule has 27 nitrogen and oxygen atoms in total. The Bertz CT molecular complexity index is 2930. The predicted molar refractivity (Wildman–Crippen MR) is 329 cm³/mol. The van der Waals surface area contributed by atoms with Gasteiger partial charge < -0.3 is 45.1 Å². The lowest BCUT2D eigenvalue weighted by Gasteiger charge is -2.34. The van der Waals surface area contributed by atoms with Gasteiger partial charge in [0.15, 0.2) is 0 Å². The van der Waals surface area contributed by atoms with E-state index in [0.717, 1.165) is 20.5 Å². The molecule has 6 rings (SSSR count). The summed E-state index contributed by atoms with van der Waals surface area (Å²) >= 11 is 2.24. The highest BCUT2D eigenvalue weighted by Gasteiger charge is 2.43. The number of imide groups is 1. The second-order valence-electron chi connectivity index (χ2n) is 22.4. The van der Waals surface area contributed by atoms with Crippen molar-refractivity contribution in [2.24, 2.45) is 0 Å². The first kappa shape index (κ1) is 70.6. The molecule has 3 aromatic rings. The number of carbonyl (C=O) groups is 10. The van der Waals surface area contributed by atoms with E-state index in [4.69, 9.17) is 14.2 Å². The van der Waals surface area contributed by atoms with Crippen molar-refractivity contribution in [2.45, 2.75) is 82.5 Å². The summed E-state index contributed by atoms with van der Waals surface area (Å²) in [5.41, 5.74) is 0.205. The first-order valence-electron chi connectivity index (χ1n) is 29.9. The van der Waals surface area contributed by atoms with Gasteiger partial charge in [0.1, 0.15) is 43.4 Å². The summed E-state index contributed by atoms with van der Waals surface area (Å²) in [6.45, 7) is 5.98. The van der Waals surface area contributed by atoms with Crippen molar-refractivity contribution in [3.63, 3.8) is 0 Å². The first-order valence-corrected chi connectivity index (χ1v) is 30.9. The number of nitriles is 1. The Labute approximate surface area is 530 Å². The van der Waals surface area contributed by atoms with Gasteiger partial charge in [0.05, 0.1) is 49.9 Å². The van der Waals surface area contributed by atoms with Crippen LogP contribution in [0.5, 0.6) is 5.75 Å². The number of nitrogens with zero attached hydrogens (tertiary/aromatic N) is 9. The van der Waals surface area contributed by atoms with Crippen LogP contribution in [-0.4, -0.2) is 260 Å². The van der Waals surface area contributed by atoms with Gasteiger partial charge in [0, 0.05) is 120 Å². The Balaban J connectivity index is 0.980. The minimum absolute atomic E-state index is 0.0334. The molecular weight excluding hydrogens is 1270 g/mol. The van der Waals surface area contributed by atoms with Crippen molar-refractivity contribution in [1.29, 1.82) is 5.26 Å². The Hall–Kier alpha value is -7.50. The summed E-state index contributed by atoms with van der Waals surface area (Å²) in [7, 11) is 0. The molecule has 89 heavy (non-hydrogen) atoms. The Morgan fingerprint density at radius 3 is 2.06 bits per heavy atom. The van der Waals surface area contributed by atoms with Crippen molar-refractivity contribution < 1.29 is 71.7 Å². The number of ether oxygens (including phenoxy) is 3. The van der Waals surface area contributed by atoms with Crippen LogP contribution in [-0.2, 0) is 59.0 Å². The maximum absolute atomic E-state index is 14.6. The topological polar surface area (TPSA) is 326 Å². The number of hydrogen-bond donors (Lipinski definition) is 5. The lowest BCUT2D eigenvalue weighted by Crippen LogP contribution is -2.53. The highest BCUT2D eigenvalue weighted by Crippen LogP contribution is 2.30. The van der Waals surface area contributed by atoms with E-state index >= 15 is 0 Å². The fourth-order valence-electron chi connectivity index (χ4n) is 10.6. The number of benzene rings is 2. The third-order valence-corrected chi connectivity index (χ3v) is 16.2. The van der Waals surface area contributed by atoms with Crippen LogP contribution in [0.1, 0.15) is 74.2 Å². The smallest absolute Gasteiger partial charge is 0.317 e. The van der Waals surface area contributed by atoms with Gasteiger partial charge in [-0.05, 0) is 110 Å². The molecule has 0 saturated carbocycles. The molecule has 5 N–H and O–H groups in total. The summed E-state index contributed by atoms with van der Waals surface area (Å²) in [6, 6.07) is 14.6. The predicted octanol–water partition coefficient (Wildman–Crippen LogP) is 0.729. The lowest BCUT2D eigenvalue weighted by molar-refractivity contribution is -0.140. The van der Waals surface area contributed by atoms with Crippen LogP contribution in [0.15, 0.2) is 54.7 Å². The van der Waals surface area contributed by atoms with Crippen LogP contribution >= 0.6 is 22.6 Å². The van der Waals surface area contributed by atoms with E-state index in [2.05, 4.69) is 53.7 Å². The van der Waals surface area contributed by atoms with Gasteiger partial charge in [-0.2, -0.15) is 5.26 Å². The number of fused-ring (bicyclic) bond motifs is 1. The SMILES string of the molecule is CC1(F)C[C@H](C#N)N(C(=O)CNC(=O)c2ccnc3ccc(OCCCN4CCN(C(=O)CC(=O)NC(=O)[C@H](CCCCNC(=O)CCCc5ccc(I)cc5)NC(=O)CN5CCN(COC=O)CCN(COC=O)CCN(CC(=O)O)CC5)CC4)cc23)C1. The minimum Gasteiger partial charge on any atom is -0.494 e. The monoisotopic (exact) mass is 1350 g/mol. The van der Waals surface area contributed by atoms with E-state index in [-0.39, 0.29) is 83.6 Å². The third-order valence-electron chi connectivity index (χ3n) is 15.5. The number of carbonyl (C=O) groups excluding carboxylic acids is 9. The van der Waals surface area contributed by atoms with Gasteiger partial charge in [-0.1, -0.05) is 12.1 Å². The molecule has 3 aliphatic heterocycles. The standard InChI is InChI=1S/C60H81FIN13O14/c1-60(61)34-46(35-63)75(39-60)56(82)36-66-58(85)48-15-17-64-50-14-13-47(32-49(48)50)89-31-5-18-69-27-29-74(30-28-69)55(81)33-53(79)68-59(86)51(7-2-3-16-65-52(78)8-4-6-44-9-11-45(62)12-10-44)67-54(80)37-70-19-20-71(38-57(83)84)22-24-73(41-88-43-77)26-25-72(23-21-70)40-87-42-76/h9-15,17,32,42-43,46,51H,2-8,16,18-31,33-34,36-41H2,1H3,(H,65,78)(H,66,85)(H,67,80)(H,83,84)(H,68,79,86)/t46-,51+,60?/m1/s1. The maximum Gasteiger partial charge on any atom is 0.317 e. The Morgan fingerprint density at radius 2 is 1.42 bits per heavy atom. The van der Waals surface area contributed by atoms with E-state index in [9.17, 15) is 62.7 Å². The van der Waals surface area contributed by atoms with Crippen LogP contribution in [0.25, 0.3) is 10.9 Å². The number of likely N-dealkylation sites (tertiary alicyclic amines) is 1. The fourth-order valence-corrected chi connectivity index (χ4v) is 11.0. The second kappa shape index (κ2) is 36.9. The molecule has 4 heterocycles. The zero-order valence-electron chi connectivity index (χ0n) is 50.3. The number of halogens is 2. The molecule has 3 atom stereocenters. The second-order valence-corrected chi connectivity index (χ2v) is 23.7. The van der Waals surface area contributed by atoms with Crippen molar-refractivity contribution in [2.75, 3.05) is 138 Å². The Kier molecular flexibility index (Phi) is 29.2. The van der Waals surface area contributed by atoms with Crippen molar-refractivity contribution >= 4 is 93.8 Å². The fraction of sp³-hybridized carbons (Fsp3) is 0.567. The number of aliphatic carboxylic acids is 1. The van der Waals surface area contributed by atoms with Gasteiger partial charge in [0.25, 0.3) is 18.9 Å². The lowest BCUT2D eigenvalue weighted by atomic mass is 10.1. The number of carboxylic acids is 1. The number of amides is 7. The normalized spacial score (nSPS) is 18.7. The van der Waals surface area contributed by atoms with Crippen LogP contribution in [0.2, 0.25) is 0 Å². The summed E-state index contributed by atoms with van der Waals surface area (Å²) < 4.78 is 31.8. The molecule has 29 heteroatoms. The molecule has 0 radical (unpaired) electrons. The van der Waals surface area contributed by atoms with Crippen LogP contribution in [0.4, 0.5) is 4.39 Å². The van der Waals surface area contributed by atoms with Gasteiger partial charge >= 0.3 is 5.97 Å². The number of rotatable bonds is 31. The number of aromatic nitrogens is 1. The van der Waals surface area contributed by atoms with Gasteiger partial charge in [-0.25, -0.2) is 4.39 Å². The molecular formula is C60H81FIN13O14. The van der Waals surface area contributed by atoms with E-state index in [1.807, 2.05) is 40.1 Å². The Morgan fingerprint density at radius 1 is 0.775 bits per heavy atom. The average Bonchev–Trinajstić information content (AvgIpc) is 2.94. The maximum atomic E-state index is 14.6. The van der Waals surface area contributed by atoms with E-state index in [1.165, 1.54) is 19.2 Å². The zero-order valence-corrected chi connectivity index (χ0v) is 52.4. The largest absolute Gasteiger partial charge is 0.494 e. The minimum atomic E-state index is -1.70. The van der Waals surface area contributed by atoms with Gasteiger partial charge in [-0.3, -0.25) is 82.7 Å². The number of aryl methyl sites for hydroxylation is 1. The summed E-state index contributed by atoms with van der Waals surface area (Å²) in [5.74, 6) is -4.53. The molecule has 2 aromatic carbocycles. The zero-order chi connectivity index (χ0) is 64.1. The molecule has 484 valence electrons. The van der Waals surface area contributed by atoms with Crippen LogP contribution < -0.4 is 26.0 Å². The molecule has 0 aliphatic carbocycles. The molecule has 3 fully saturated rings. The van der Waals surface area contributed by atoms with E-state index in [1.54, 1.807) is 32.9 Å². The highest BCUT2D eigenvalue weighted by atomic mass is 127. The van der Waals surface area contributed by atoms with Crippen molar-refractivity contribution in [3.8, 4) is 11.8 Å². The molecule has 1 aromatic heterocycles. The third kappa shape index (κ3) is 24.8. The molecule has 0 bridgehead atoms.